The van der Waals surface area contributed by atoms with E-state index in [1.807, 2.05) is 24.5 Å². The minimum Gasteiger partial charge on any atom is -0.338 e. The van der Waals surface area contributed by atoms with Crippen LogP contribution in [0.4, 0.5) is 11.5 Å². The van der Waals surface area contributed by atoms with Gasteiger partial charge in [-0.1, -0.05) is 12.1 Å². The molecule has 1 saturated carbocycles. The number of hydrogen-bond donors (Lipinski definition) is 2. The number of nitrogens with two attached hydrogens (primary N) is 1. The summed E-state index contributed by atoms with van der Waals surface area (Å²) < 4.78 is 2.13. The van der Waals surface area contributed by atoms with Gasteiger partial charge >= 0.3 is 0 Å². The number of benzene rings is 1. The second-order valence-corrected chi connectivity index (χ2v) is 9.28. The van der Waals surface area contributed by atoms with Crippen LogP contribution in [0, 0.1) is 5.92 Å². The molecule has 0 radical (unpaired) electrons. The highest BCUT2D eigenvalue weighted by Crippen LogP contribution is 2.30. The molecule has 1 aliphatic rings. The van der Waals surface area contributed by atoms with Crippen molar-refractivity contribution in [2.45, 2.75) is 64.6 Å². The topological polar surface area (TPSA) is 84.9 Å². The number of nitrogens with zero attached hydrogens (tertiary/aromatic N) is 5. The van der Waals surface area contributed by atoms with Gasteiger partial charge in [-0.25, -0.2) is 15.0 Å². The molecular weight excluding hydrogens is 386 g/mol. The van der Waals surface area contributed by atoms with Crippen LogP contribution in [0.15, 0.2) is 30.6 Å². The van der Waals surface area contributed by atoms with Crippen LogP contribution in [0.3, 0.4) is 0 Å². The third kappa shape index (κ3) is 4.88. The van der Waals surface area contributed by atoms with Crippen LogP contribution >= 0.6 is 0 Å². The normalized spacial score (nSPS) is 19.5. The summed E-state index contributed by atoms with van der Waals surface area (Å²) in [6.45, 7) is 4.82. The summed E-state index contributed by atoms with van der Waals surface area (Å²) in [5.74, 6) is 2.31. The molecule has 0 bridgehead atoms. The van der Waals surface area contributed by atoms with Crippen molar-refractivity contribution < 1.29 is 0 Å². The number of anilines is 2. The Kier molecular flexibility index (Phi) is 6.53. The summed E-state index contributed by atoms with van der Waals surface area (Å²) in [5, 5.41) is 3.48. The standard InChI is InChI=1S/C24H35N7/c1-16(2)31-15-26-22-23(27-19-7-5-6-18(12-19)14-25)28-21(29-24(22)31)13-17-8-10-20(11-9-17)30(3)4/h5-7,12,15-17,20H,8-11,13-14,25H2,1-4H3,(H,27,28,29). The van der Waals surface area contributed by atoms with Crippen LogP contribution in [0.2, 0.25) is 0 Å². The van der Waals surface area contributed by atoms with E-state index in [0.717, 1.165) is 40.5 Å². The molecule has 166 valence electrons. The SMILES string of the molecule is CC(C)n1cnc2c(Nc3cccc(CN)c3)nc(CC3CCC(N(C)C)CC3)nc21. The lowest BCUT2D eigenvalue weighted by atomic mass is 9.83. The maximum atomic E-state index is 5.82. The van der Waals surface area contributed by atoms with Crippen molar-refractivity contribution in [2.24, 2.45) is 11.7 Å². The van der Waals surface area contributed by atoms with E-state index >= 15 is 0 Å². The van der Waals surface area contributed by atoms with Crippen LogP contribution in [0.1, 0.15) is 57.0 Å². The second kappa shape index (κ2) is 9.32. The Morgan fingerprint density at radius 2 is 1.94 bits per heavy atom. The quantitative estimate of drug-likeness (QED) is 0.592. The molecule has 0 unspecified atom stereocenters. The van der Waals surface area contributed by atoms with Crippen molar-refractivity contribution in [2.75, 3.05) is 19.4 Å². The number of nitrogens with one attached hydrogen (secondary N) is 1. The van der Waals surface area contributed by atoms with Crippen molar-refractivity contribution in [1.29, 1.82) is 0 Å². The van der Waals surface area contributed by atoms with Gasteiger partial charge in [0, 0.05) is 30.7 Å². The predicted octanol–water partition coefficient (Wildman–Crippen LogP) is 4.27. The highest BCUT2D eigenvalue weighted by molar-refractivity contribution is 5.85. The van der Waals surface area contributed by atoms with Gasteiger partial charge in [0.1, 0.15) is 5.82 Å². The first-order chi connectivity index (χ1) is 14.9. The average molecular weight is 422 g/mol. The molecule has 1 fully saturated rings. The van der Waals surface area contributed by atoms with Gasteiger partial charge in [-0.3, -0.25) is 0 Å². The number of rotatable bonds is 7. The molecule has 7 heteroatoms. The first-order valence-electron chi connectivity index (χ1n) is 11.4. The Morgan fingerprint density at radius 1 is 1.16 bits per heavy atom. The maximum absolute atomic E-state index is 5.82. The van der Waals surface area contributed by atoms with Gasteiger partial charge in [-0.2, -0.15) is 0 Å². The van der Waals surface area contributed by atoms with E-state index in [0.29, 0.717) is 18.5 Å². The van der Waals surface area contributed by atoms with E-state index < -0.39 is 0 Å². The largest absolute Gasteiger partial charge is 0.338 e. The fourth-order valence-corrected chi connectivity index (χ4v) is 4.55. The first kappa shape index (κ1) is 21.7. The molecule has 3 aromatic rings. The summed E-state index contributed by atoms with van der Waals surface area (Å²) in [5.41, 5.74) is 9.59. The van der Waals surface area contributed by atoms with E-state index in [1.54, 1.807) is 0 Å². The van der Waals surface area contributed by atoms with Crippen LogP contribution in [-0.2, 0) is 13.0 Å². The molecule has 7 nitrogen and oxygen atoms in total. The van der Waals surface area contributed by atoms with Crippen molar-refractivity contribution in [1.82, 2.24) is 24.4 Å². The van der Waals surface area contributed by atoms with Crippen molar-refractivity contribution in [3.63, 3.8) is 0 Å². The lowest BCUT2D eigenvalue weighted by Gasteiger charge is -2.32. The highest BCUT2D eigenvalue weighted by atomic mass is 15.2. The van der Waals surface area contributed by atoms with Crippen LogP contribution in [0.5, 0.6) is 0 Å². The molecule has 0 atom stereocenters. The van der Waals surface area contributed by atoms with E-state index in [2.05, 4.69) is 53.8 Å². The fourth-order valence-electron chi connectivity index (χ4n) is 4.55. The lowest BCUT2D eigenvalue weighted by molar-refractivity contribution is 0.192. The predicted molar refractivity (Wildman–Crippen MR) is 126 cm³/mol. The van der Waals surface area contributed by atoms with Gasteiger partial charge in [0.25, 0.3) is 0 Å². The van der Waals surface area contributed by atoms with Crippen LogP contribution in [0.25, 0.3) is 11.2 Å². The first-order valence-corrected chi connectivity index (χ1v) is 11.4. The Bertz CT molecular complexity index is 1020. The Morgan fingerprint density at radius 3 is 2.61 bits per heavy atom. The molecule has 0 saturated heterocycles. The van der Waals surface area contributed by atoms with Crippen molar-refractivity contribution in [3.8, 4) is 0 Å². The van der Waals surface area contributed by atoms with E-state index in [4.69, 9.17) is 15.7 Å². The highest BCUT2D eigenvalue weighted by Gasteiger charge is 2.24. The molecule has 0 amide bonds. The van der Waals surface area contributed by atoms with E-state index in [1.165, 1.54) is 25.7 Å². The maximum Gasteiger partial charge on any atom is 0.166 e. The van der Waals surface area contributed by atoms with Crippen LogP contribution < -0.4 is 11.1 Å². The van der Waals surface area contributed by atoms with Crippen LogP contribution in [-0.4, -0.2) is 44.6 Å². The molecule has 0 aliphatic heterocycles. The second-order valence-electron chi connectivity index (χ2n) is 9.28. The lowest BCUT2D eigenvalue weighted by Crippen LogP contribution is -2.32. The zero-order valence-corrected chi connectivity index (χ0v) is 19.2. The molecule has 2 aromatic heterocycles. The molecule has 1 aromatic carbocycles. The Hall–Kier alpha value is -2.51. The van der Waals surface area contributed by atoms with Gasteiger partial charge in [-0.15, -0.1) is 0 Å². The minimum absolute atomic E-state index is 0.289. The molecule has 0 spiro atoms. The molecule has 3 N–H and O–H groups in total. The Balaban J connectivity index is 1.63. The summed E-state index contributed by atoms with van der Waals surface area (Å²) in [6.07, 6.45) is 7.75. The number of aromatic nitrogens is 4. The molecule has 1 aliphatic carbocycles. The van der Waals surface area contributed by atoms with Gasteiger partial charge in [0.2, 0.25) is 0 Å². The number of hydrogen-bond acceptors (Lipinski definition) is 6. The van der Waals surface area contributed by atoms with E-state index in [9.17, 15) is 0 Å². The van der Waals surface area contributed by atoms with Gasteiger partial charge in [0.15, 0.2) is 17.0 Å². The summed E-state index contributed by atoms with van der Waals surface area (Å²) in [6, 6.07) is 9.14. The van der Waals surface area contributed by atoms with Gasteiger partial charge in [0.05, 0.1) is 6.33 Å². The summed E-state index contributed by atoms with van der Waals surface area (Å²) in [4.78, 5) is 16.9. The summed E-state index contributed by atoms with van der Waals surface area (Å²) >= 11 is 0. The van der Waals surface area contributed by atoms with Gasteiger partial charge in [-0.05, 0) is 77.2 Å². The fraction of sp³-hybridized carbons (Fsp3) is 0.542. The average Bonchev–Trinajstić information content (AvgIpc) is 3.19. The molecule has 31 heavy (non-hydrogen) atoms. The number of imidazole rings is 1. The smallest absolute Gasteiger partial charge is 0.166 e. The monoisotopic (exact) mass is 421 g/mol. The van der Waals surface area contributed by atoms with Crippen molar-refractivity contribution >= 4 is 22.7 Å². The van der Waals surface area contributed by atoms with Gasteiger partial charge < -0.3 is 20.5 Å². The summed E-state index contributed by atoms with van der Waals surface area (Å²) in [7, 11) is 4.37. The molecule has 2 heterocycles. The molecular formula is C24H35N7. The third-order valence-electron chi connectivity index (χ3n) is 6.47. The number of fused-ring (bicyclic) bond motifs is 1. The zero-order chi connectivity index (χ0) is 22.0. The Labute approximate surface area is 185 Å². The zero-order valence-electron chi connectivity index (χ0n) is 19.2. The van der Waals surface area contributed by atoms with Crippen molar-refractivity contribution in [3.05, 3.63) is 42.0 Å². The van der Waals surface area contributed by atoms with E-state index in [-0.39, 0.29) is 6.04 Å². The third-order valence-corrected chi connectivity index (χ3v) is 6.47. The molecule has 4 rings (SSSR count). The minimum atomic E-state index is 0.289.